The maximum atomic E-state index is 5.75. The van der Waals surface area contributed by atoms with Crippen molar-refractivity contribution in [3.8, 4) is 5.75 Å². The van der Waals surface area contributed by atoms with E-state index in [4.69, 9.17) is 9.47 Å². The summed E-state index contributed by atoms with van der Waals surface area (Å²) in [6.45, 7) is 2.78. The Morgan fingerprint density at radius 2 is 2.40 bits per heavy atom. The van der Waals surface area contributed by atoms with Gasteiger partial charge in [0.25, 0.3) is 0 Å². The van der Waals surface area contributed by atoms with Crippen molar-refractivity contribution < 1.29 is 9.47 Å². The Bertz CT molecular complexity index is 337. The smallest absolute Gasteiger partial charge is 0.199 e. The minimum Gasteiger partial charge on any atom is -0.462 e. The molecule has 0 N–H and O–H groups in total. The van der Waals surface area contributed by atoms with Gasteiger partial charge in [0.15, 0.2) is 12.0 Å². The maximum Gasteiger partial charge on any atom is 0.199 e. The van der Waals surface area contributed by atoms with Crippen LogP contribution in [0.2, 0.25) is 0 Å². The molecule has 15 heavy (non-hydrogen) atoms. The van der Waals surface area contributed by atoms with E-state index in [1.165, 1.54) is 6.42 Å². The third-order valence-corrected chi connectivity index (χ3v) is 3.20. The SMILES string of the molecule is Cc1cc(I)c(O[C@H]2CCCCO2)cn1. The van der Waals surface area contributed by atoms with Gasteiger partial charge >= 0.3 is 0 Å². The van der Waals surface area contributed by atoms with Gasteiger partial charge in [-0.05, 0) is 48.4 Å². The molecule has 0 aliphatic carbocycles. The normalized spacial score (nSPS) is 21.3. The molecule has 1 aromatic heterocycles. The third kappa shape index (κ3) is 3.04. The lowest BCUT2D eigenvalue weighted by Gasteiger charge is -2.23. The molecule has 1 aliphatic heterocycles. The number of aromatic nitrogens is 1. The topological polar surface area (TPSA) is 31.4 Å². The molecule has 82 valence electrons. The van der Waals surface area contributed by atoms with Crippen molar-refractivity contribution in [3.05, 3.63) is 21.5 Å². The van der Waals surface area contributed by atoms with E-state index in [2.05, 4.69) is 27.6 Å². The highest BCUT2D eigenvalue weighted by atomic mass is 127. The second-order valence-electron chi connectivity index (χ2n) is 3.67. The third-order valence-electron chi connectivity index (χ3n) is 2.35. The summed E-state index contributed by atoms with van der Waals surface area (Å²) in [6.07, 6.45) is 4.99. The van der Waals surface area contributed by atoms with Crippen LogP contribution in [-0.2, 0) is 4.74 Å². The molecule has 0 unspecified atom stereocenters. The van der Waals surface area contributed by atoms with Crippen molar-refractivity contribution in [3.63, 3.8) is 0 Å². The molecule has 1 fully saturated rings. The van der Waals surface area contributed by atoms with Gasteiger partial charge in [-0.2, -0.15) is 0 Å². The summed E-state index contributed by atoms with van der Waals surface area (Å²) in [5.74, 6) is 0.827. The van der Waals surface area contributed by atoms with Crippen molar-refractivity contribution in [1.29, 1.82) is 0 Å². The molecule has 0 aromatic carbocycles. The average molecular weight is 319 g/mol. The van der Waals surface area contributed by atoms with Crippen molar-refractivity contribution >= 4 is 22.6 Å². The molecular formula is C11H14INO2. The number of hydrogen-bond acceptors (Lipinski definition) is 3. The number of rotatable bonds is 2. The number of halogens is 1. The molecular weight excluding hydrogens is 305 g/mol. The summed E-state index contributed by atoms with van der Waals surface area (Å²) in [6, 6.07) is 2.01. The molecule has 0 radical (unpaired) electrons. The van der Waals surface area contributed by atoms with Crippen LogP contribution in [0.25, 0.3) is 0 Å². The zero-order valence-electron chi connectivity index (χ0n) is 8.70. The molecule has 2 heterocycles. The molecule has 0 spiro atoms. The lowest BCUT2D eigenvalue weighted by Crippen LogP contribution is -2.25. The van der Waals surface area contributed by atoms with E-state index in [0.29, 0.717) is 0 Å². The summed E-state index contributed by atoms with van der Waals surface area (Å²) in [5.41, 5.74) is 1.01. The number of pyridine rings is 1. The van der Waals surface area contributed by atoms with Crippen molar-refractivity contribution in [2.75, 3.05) is 6.61 Å². The van der Waals surface area contributed by atoms with Crippen LogP contribution in [0.5, 0.6) is 5.75 Å². The zero-order valence-corrected chi connectivity index (χ0v) is 10.9. The number of aryl methyl sites for hydroxylation is 1. The highest BCUT2D eigenvalue weighted by Gasteiger charge is 2.16. The molecule has 3 nitrogen and oxygen atoms in total. The summed E-state index contributed by atoms with van der Waals surface area (Å²) in [4.78, 5) is 4.22. The van der Waals surface area contributed by atoms with Gasteiger partial charge in [0.1, 0.15) is 0 Å². The first-order chi connectivity index (χ1) is 7.25. The van der Waals surface area contributed by atoms with E-state index in [1.807, 2.05) is 13.0 Å². The highest BCUT2D eigenvalue weighted by Crippen LogP contribution is 2.24. The fraction of sp³-hybridized carbons (Fsp3) is 0.545. The van der Waals surface area contributed by atoms with Crippen LogP contribution in [-0.4, -0.2) is 17.9 Å². The fourth-order valence-electron chi connectivity index (χ4n) is 1.55. The van der Waals surface area contributed by atoms with E-state index in [-0.39, 0.29) is 6.29 Å². The predicted molar refractivity (Wildman–Crippen MR) is 65.9 cm³/mol. The molecule has 1 aromatic rings. The van der Waals surface area contributed by atoms with E-state index in [9.17, 15) is 0 Å². The second kappa shape index (κ2) is 5.12. The van der Waals surface area contributed by atoms with Crippen molar-refractivity contribution in [1.82, 2.24) is 4.98 Å². The van der Waals surface area contributed by atoms with Crippen molar-refractivity contribution in [2.45, 2.75) is 32.5 Å². The standard InChI is InChI=1S/C11H14INO2/c1-8-6-9(12)10(7-13-8)15-11-4-2-3-5-14-11/h6-7,11H,2-5H2,1H3/t11-/m0/s1. The lowest BCUT2D eigenvalue weighted by atomic mass is 10.2. The predicted octanol–water partition coefficient (Wildman–Crippen LogP) is 2.90. The lowest BCUT2D eigenvalue weighted by molar-refractivity contribution is -0.106. The Morgan fingerprint density at radius 3 is 3.07 bits per heavy atom. The Labute approximate surface area is 103 Å². The largest absolute Gasteiger partial charge is 0.462 e. The summed E-state index contributed by atoms with van der Waals surface area (Å²) < 4.78 is 12.4. The van der Waals surface area contributed by atoms with Crippen LogP contribution >= 0.6 is 22.6 Å². The van der Waals surface area contributed by atoms with E-state index in [1.54, 1.807) is 6.20 Å². The van der Waals surface area contributed by atoms with E-state index >= 15 is 0 Å². The van der Waals surface area contributed by atoms with Crippen LogP contribution in [0, 0.1) is 10.5 Å². The number of hydrogen-bond donors (Lipinski definition) is 0. The first-order valence-electron chi connectivity index (χ1n) is 5.16. The maximum absolute atomic E-state index is 5.75. The van der Waals surface area contributed by atoms with Gasteiger partial charge in [0.2, 0.25) is 0 Å². The number of nitrogens with zero attached hydrogens (tertiary/aromatic N) is 1. The Kier molecular flexibility index (Phi) is 3.80. The molecule has 2 rings (SSSR count). The minimum absolute atomic E-state index is 0.0863. The van der Waals surface area contributed by atoms with Gasteiger partial charge < -0.3 is 9.47 Å². The molecule has 1 saturated heterocycles. The summed E-state index contributed by atoms with van der Waals surface area (Å²) in [5, 5.41) is 0. The number of ether oxygens (including phenoxy) is 2. The van der Waals surface area contributed by atoms with Gasteiger partial charge in [-0.15, -0.1) is 0 Å². The Morgan fingerprint density at radius 1 is 1.53 bits per heavy atom. The van der Waals surface area contributed by atoms with Crippen LogP contribution in [0.15, 0.2) is 12.3 Å². The van der Waals surface area contributed by atoms with Crippen LogP contribution in [0.3, 0.4) is 0 Å². The van der Waals surface area contributed by atoms with Crippen LogP contribution in [0.4, 0.5) is 0 Å². The molecule has 0 saturated carbocycles. The monoisotopic (exact) mass is 319 g/mol. The van der Waals surface area contributed by atoms with E-state index < -0.39 is 0 Å². The first kappa shape index (κ1) is 11.1. The van der Waals surface area contributed by atoms with Gasteiger partial charge in [0.05, 0.1) is 16.4 Å². The van der Waals surface area contributed by atoms with Gasteiger partial charge in [-0.1, -0.05) is 0 Å². The van der Waals surface area contributed by atoms with Gasteiger partial charge in [0, 0.05) is 12.1 Å². The fourth-order valence-corrected chi connectivity index (χ4v) is 2.26. The van der Waals surface area contributed by atoms with Crippen LogP contribution in [0.1, 0.15) is 25.0 Å². The molecule has 0 bridgehead atoms. The quantitative estimate of drug-likeness (QED) is 0.786. The molecule has 1 aliphatic rings. The van der Waals surface area contributed by atoms with Crippen LogP contribution < -0.4 is 4.74 Å². The van der Waals surface area contributed by atoms with Gasteiger partial charge in [-0.25, -0.2) is 0 Å². The molecule has 1 atom stereocenters. The minimum atomic E-state index is -0.0863. The first-order valence-corrected chi connectivity index (χ1v) is 6.24. The summed E-state index contributed by atoms with van der Waals surface area (Å²) >= 11 is 2.26. The summed E-state index contributed by atoms with van der Waals surface area (Å²) in [7, 11) is 0. The molecule has 4 heteroatoms. The van der Waals surface area contributed by atoms with E-state index in [0.717, 1.165) is 34.5 Å². The second-order valence-corrected chi connectivity index (χ2v) is 4.83. The molecule has 0 amide bonds. The van der Waals surface area contributed by atoms with Gasteiger partial charge in [-0.3, -0.25) is 4.98 Å². The average Bonchev–Trinajstić information content (AvgIpc) is 2.24. The zero-order chi connectivity index (χ0) is 10.7. The van der Waals surface area contributed by atoms with Crippen molar-refractivity contribution in [2.24, 2.45) is 0 Å². The Hall–Kier alpha value is -0.360. The Balaban J connectivity index is 2.03. The highest BCUT2D eigenvalue weighted by molar-refractivity contribution is 14.1.